The number of hydrogen-bond acceptors (Lipinski definition) is 16. The van der Waals surface area contributed by atoms with Crippen molar-refractivity contribution < 1.29 is 77.2 Å². The summed E-state index contributed by atoms with van der Waals surface area (Å²) in [6.07, 6.45) is 93.8. The van der Waals surface area contributed by atoms with Gasteiger partial charge in [-0.1, -0.05) is 615 Å². The Morgan fingerprint density at radius 2 is 0.453 bits per heavy atom. The molecule has 150 heavy (non-hydrogen) atoms. The number of aliphatic hydroxyl groups excluding tert-OH is 3. The maximum atomic E-state index is 15.1. The summed E-state index contributed by atoms with van der Waals surface area (Å²) in [5.41, 5.74) is 1.18. The summed E-state index contributed by atoms with van der Waals surface area (Å²) in [7, 11) is 0. The molecule has 0 aromatic carbocycles. The van der Waals surface area contributed by atoms with Crippen molar-refractivity contribution in [2.45, 2.75) is 718 Å². The van der Waals surface area contributed by atoms with E-state index >= 15 is 9.59 Å². The summed E-state index contributed by atoms with van der Waals surface area (Å²) in [5, 5.41) is 37.6. The van der Waals surface area contributed by atoms with E-state index in [1.807, 2.05) is 24.3 Å². The van der Waals surface area contributed by atoms with Gasteiger partial charge >= 0.3 is 29.8 Å². The van der Waals surface area contributed by atoms with E-state index in [0.29, 0.717) is 41.2 Å². The predicted molar refractivity (Wildman–Crippen MR) is 633 cm³/mol. The van der Waals surface area contributed by atoms with Crippen LogP contribution in [0.3, 0.4) is 0 Å². The van der Waals surface area contributed by atoms with Gasteiger partial charge in [0.25, 0.3) is 0 Å². The van der Waals surface area contributed by atoms with Gasteiger partial charge in [-0.2, -0.15) is 0 Å². The van der Waals surface area contributed by atoms with Crippen LogP contribution in [-0.4, -0.2) is 120 Å². The molecule has 0 bridgehead atoms. The SMILES string of the molecule is CCCCCCCCCCCCCCCCCCCC[C@H](C)C[C@H](C)/C=C(\C)C(=O)O[C@@H]1C(CO)O[C@H](O[C@H]2OC(COC(=O)/C(C)=C/[C@@H](C)C[C@@H](C)CCCCCCCCCCCCCCCC)[C@@H](O)C(OC(=O)/C(C)=C/[C@@H](C)C[C@@H](C)CCCCCCCCCCCCCCCCCC)[C@H]2OC(=O)CCCCCCCCCCCCCCC)[C@@H](OC(=O)/C(C)=C/[C@@H](C)C[C@@H](C)CCCCCCCCCCCCCCCC)C1O. The van der Waals surface area contributed by atoms with Gasteiger partial charge < -0.3 is 53.2 Å². The first-order valence-corrected chi connectivity index (χ1v) is 65.4. The topological polar surface area (TPSA) is 220 Å². The summed E-state index contributed by atoms with van der Waals surface area (Å²) >= 11 is 0. The number of carbonyl (C=O) groups is 5. The van der Waals surface area contributed by atoms with E-state index in [1.54, 1.807) is 27.7 Å². The van der Waals surface area contributed by atoms with E-state index in [2.05, 4.69) is 90.0 Å². The average Bonchev–Trinajstić information content (AvgIpc) is 0.768. The fraction of sp³-hybridized carbons (Fsp3) is 0.903. The van der Waals surface area contributed by atoms with Crippen molar-refractivity contribution in [2.75, 3.05) is 13.2 Å². The Balaban J connectivity index is 2.68. The molecule has 0 aliphatic carbocycles. The molecule has 0 aromatic rings. The second-order valence-electron chi connectivity index (χ2n) is 48.9. The van der Waals surface area contributed by atoms with E-state index in [0.717, 1.165) is 103 Å². The second kappa shape index (κ2) is 98.2. The lowest BCUT2D eigenvalue weighted by Crippen LogP contribution is -2.66. The minimum atomic E-state index is -1.92. The zero-order valence-corrected chi connectivity index (χ0v) is 102. The van der Waals surface area contributed by atoms with Crippen molar-refractivity contribution in [3.8, 4) is 0 Å². The highest BCUT2D eigenvalue weighted by molar-refractivity contribution is 5.89. The largest absolute Gasteiger partial charge is 0.459 e. The van der Waals surface area contributed by atoms with Crippen LogP contribution in [0.1, 0.15) is 657 Å². The number of carbonyl (C=O) groups excluding carboxylic acids is 5. The van der Waals surface area contributed by atoms with E-state index in [9.17, 15) is 29.7 Å². The number of rotatable bonds is 105. The van der Waals surface area contributed by atoms with Gasteiger partial charge in [-0.3, -0.25) is 4.79 Å². The van der Waals surface area contributed by atoms with Crippen molar-refractivity contribution >= 4 is 29.8 Å². The highest BCUT2D eigenvalue weighted by Crippen LogP contribution is 2.38. The lowest BCUT2D eigenvalue weighted by molar-refractivity contribution is -0.377. The molecule has 16 nitrogen and oxygen atoms in total. The lowest BCUT2D eigenvalue weighted by Gasteiger charge is -2.47. The third-order valence-corrected chi connectivity index (χ3v) is 32.8. The van der Waals surface area contributed by atoms with Crippen LogP contribution in [0, 0.1) is 47.3 Å². The Hall–Kier alpha value is -3.93. The minimum Gasteiger partial charge on any atom is -0.459 e. The highest BCUT2D eigenvalue weighted by Gasteiger charge is 2.56. The molecule has 0 aromatic heterocycles. The molecule has 880 valence electrons. The van der Waals surface area contributed by atoms with Gasteiger partial charge in [-0.15, -0.1) is 0 Å². The summed E-state index contributed by atoms with van der Waals surface area (Å²) < 4.78 is 52.3. The van der Waals surface area contributed by atoms with Crippen molar-refractivity contribution in [1.29, 1.82) is 0 Å². The van der Waals surface area contributed by atoms with E-state index in [1.165, 1.54) is 424 Å². The molecule has 2 saturated heterocycles. The van der Waals surface area contributed by atoms with E-state index in [-0.39, 0.29) is 41.2 Å². The Kier molecular flexibility index (Phi) is 93.1. The molecule has 2 rings (SSSR count). The average molecular weight is 2120 g/mol. The quantitative estimate of drug-likeness (QED) is 0.0223. The van der Waals surface area contributed by atoms with Crippen LogP contribution in [0.25, 0.3) is 0 Å². The van der Waals surface area contributed by atoms with Gasteiger partial charge in [0.05, 0.1) is 6.61 Å². The number of unbranched alkanes of at least 4 members (excludes halogenated alkanes) is 70. The fourth-order valence-corrected chi connectivity index (χ4v) is 23.4. The number of hydrogen-bond donors (Lipinski definition) is 3. The third kappa shape index (κ3) is 76.7. The van der Waals surface area contributed by atoms with Crippen LogP contribution in [0.15, 0.2) is 46.6 Å². The van der Waals surface area contributed by atoms with Gasteiger partial charge in [0, 0.05) is 28.7 Å². The van der Waals surface area contributed by atoms with Crippen LogP contribution in [0.4, 0.5) is 0 Å². The van der Waals surface area contributed by atoms with Gasteiger partial charge in [0.1, 0.15) is 31.0 Å². The standard InChI is InChI=1S/C134H248O16/c1-18-23-28-33-38-43-48-53-57-59-60-62-67-71-76-80-84-89-94-109(7)99-113(11)103-117(15)130(140)147-125-120(106-135)144-133(127(124(125)138)149-132(142)119(17)105-115(13)101-111(9)96-91-86-79-74-69-65-56-51-46-41-36-31-26-21-4)150-134-128(146-122(136)97-92-87-82-77-72-63-52-47-42-37-32-27-22-5)126(148-131(141)118(16)104-114(12)100-110(8)95-90-85-81-75-70-66-61-58-54-49-44-39-34-29-24-19-2)123(137)121(145-134)107-143-129(139)116(14)102-112(10)98-108(6)93-88-83-78-73-68-64-55-50-45-40-35-30-25-20-3/h102-105,108-115,120-121,123-128,133-135,137-138H,18-101,106-107H2,1-17H3/b116-102+,117-103+,118-104+,119-105+/t108-,109-,110-,111-,112-,113-,114-,115-,120?,121?,123+,124?,125+,126?,127-,128+,133+,134+/m0/s1. The minimum absolute atomic E-state index is 0.00205. The third-order valence-electron chi connectivity index (χ3n) is 32.8. The van der Waals surface area contributed by atoms with Crippen molar-refractivity contribution in [1.82, 2.24) is 0 Å². The van der Waals surface area contributed by atoms with Crippen LogP contribution in [0.2, 0.25) is 0 Å². The summed E-state index contributed by atoms with van der Waals surface area (Å²) in [4.78, 5) is 74.2. The Labute approximate surface area is 927 Å². The van der Waals surface area contributed by atoms with Crippen LogP contribution in [-0.2, 0) is 61.9 Å². The van der Waals surface area contributed by atoms with Crippen LogP contribution in [0.5, 0.6) is 0 Å². The predicted octanol–water partition coefficient (Wildman–Crippen LogP) is 39.1. The number of esters is 5. The molecule has 0 amide bonds. The maximum Gasteiger partial charge on any atom is 0.333 e. The molecule has 0 spiro atoms. The zero-order valence-electron chi connectivity index (χ0n) is 102. The normalized spacial score (nSPS) is 20.1. The summed E-state index contributed by atoms with van der Waals surface area (Å²) in [6.45, 7) is 34.2. The lowest BCUT2D eigenvalue weighted by atomic mass is 9.91. The van der Waals surface area contributed by atoms with Gasteiger partial charge in [-0.25, -0.2) is 19.2 Å². The number of aliphatic hydroxyl groups is 3. The van der Waals surface area contributed by atoms with Gasteiger partial charge in [-0.05, 0) is 107 Å². The van der Waals surface area contributed by atoms with Gasteiger partial charge in [0.15, 0.2) is 24.4 Å². The van der Waals surface area contributed by atoms with Gasteiger partial charge in [0.2, 0.25) is 12.6 Å². The zero-order chi connectivity index (χ0) is 110. The van der Waals surface area contributed by atoms with E-state index < -0.39 is 104 Å². The Morgan fingerprint density at radius 1 is 0.247 bits per heavy atom. The first kappa shape index (κ1) is 142. The number of ether oxygens (including phenoxy) is 8. The monoisotopic (exact) mass is 2110 g/mol. The van der Waals surface area contributed by atoms with Crippen LogP contribution < -0.4 is 0 Å². The molecule has 2 aliphatic heterocycles. The molecule has 16 heteroatoms. The molecular formula is C134H248O16. The maximum absolute atomic E-state index is 15.1. The van der Waals surface area contributed by atoms with Crippen molar-refractivity contribution in [3.63, 3.8) is 0 Å². The molecule has 2 aliphatic rings. The van der Waals surface area contributed by atoms with Crippen molar-refractivity contribution in [3.05, 3.63) is 46.6 Å². The molecule has 0 radical (unpaired) electrons. The molecule has 0 saturated carbocycles. The smallest absolute Gasteiger partial charge is 0.333 e. The molecule has 18 atom stereocenters. The first-order chi connectivity index (χ1) is 72.7. The van der Waals surface area contributed by atoms with Crippen LogP contribution >= 0.6 is 0 Å². The highest BCUT2D eigenvalue weighted by atomic mass is 16.8. The summed E-state index contributed by atoms with van der Waals surface area (Å²) in [5.74, 6) is -2.17. The Morgan fingerprint density at radius 3 is 0.700 bits per heavy atom. The Bertz CT molecular complexity index is 3270. The van der Waals surface area contributed by atoms with E-state index in [4.69, 9.17) is 37.9 Å². The number of allylic oxidation sites excluding steroid dienone is 4. The molecule has 2 fully saturated rings. The fourth-order valence-electron chi connectivity index (χ4n) is 23.4. The van der Waals surface area contributed by atoms with Crippen molar-refractivity contribution in [2.24, 2.45) is 47.3 Å². The second-order valence-corrected chi connectivity index (χ2v) is 48.9. The molecular weight excluding hydrogens is 1870 g/mol. The molecule has 2 heterocycles. The molecule has 4 unspecified atom stereocenters. The summed E-state index contributed by atoms with van der Waals surface area (Å²) in [6, 6.07) is 0. The first-order valence-electron chi connectivity index (χ1n) is 65.4. The molecule has 3 N–H and O–H groups in total.